The molecule has 1 amide bonds. The maximum absolute atomic E-state index is 13.1. The van der Waals surface area contributed by atoms with Gasteiger partial charge in [0.2, 0.25) is 5.91 Å². The Bertz CT molecular complexity index is 611. The third kappa shape index (κ3) is 3.96. The van der Waals surface area contributed by atoms with Crippen molar-refractivity contribution in [2.24, 2.45) is 0 Å². The van der Waals surface area contributed by atoms with Crippen LogP contribution in [-0.4, -0.2) is 5.91 Å². The van der Waals surface area contributed by atoms with Crippen LogP contribution in [0, 0.1) is 5.82 Å². The molecular formula is C15H14ClFN2O. The van der Waals surface area contributed by atoms with Gasteiger partial charge >= 0.3 is 0 Å². The molecule has 2 aromatic carbocycles. The lowest BCUT2D eigenvalue weighted by Gasteiger charge is -2.07. The number of anilines is 2. The summed E-state index contributed by atoms with van der Waals surface area (Å²) in [5, 5.41) is 2.85. The largest absolute Gasteiger partial charge is 0.399 e. The average Bonchev–Trinajstić information content (AvgIpc) is 2.36. The average molecular weight is 293 g/mol. The first-order chi connectivity index (χ1) is 9.54. The minimum Gasteiger partial charge on any atom is -0.399 e. The SMILES string of the molecule is Nc1ccccc1CCC(=O)Nc1cc(F)cc(Cl)c1. The summed E-state index contributed by atoms with van der Waals surface area (Å²) >= 11 is 5.72. The zero-order chi connectivity index (χ0) is 14.5. The Labute approximate surface area is 121 Å². The highest BCUT2D eigenvalue weighted by atomic mass is 35.5. The van der Waals surface area contributed by atoms with Crippen molar-refractivity contribution >= 4 is 28.9 Å². The van der Waals surface area contributed by atoms with Gasteiger partial charge < -0.3 is 11.1 Å². The van der Waals surface area contributed by atoms with Gasteiger partial charge in [-0.25, -0.2) is 4.39 Å². The number of hydrogen-bond donors (Lipinski definition) is 2. The molecule has 0 unspecified atom stereocenters. The van der Waals surface area contributed by atoms with Gasteiger partial charge in [0.05, 0.1) is 0 Å². The third-order valence-electron chi connectivity index (χ3n) is 2.82. The highest BCUT2D eigenvalue weighted by molar-refractivity contribution is 6.30. The van der Waals surface area contributed by atoms with Crippen LogP contribution in [0.2, 0.25) is 5.02 Å². The molecule has 2 rings (SSSR count). The lowest BCUT2D eigenvalue weighted by molar-refractivity contribution is -0.116. The maximum atomic E-state index is 13.1. The number of para-hydroxylation sites is 1. The van der Waals surface area contributed by atoms with E-state index in [1.165, 1.54) is 18.2 Å². The van der Waals surface area contributed by atoms with Crippen LogP contribution in [0.3, 0.4) is 0 Å². The second kappa shape index (κ2) is 6.39. The number of carbonyl (C=O) groups is 1. The Balaban J connectivity index is 1.94. The summed E-state index contributed by atoms with van der Waals surface area (Å²) in [5.74, 6) is -0.699. The number of amides is 1. The van der Waals surface area contributed by atoms with Crippen molar-refractivity contribution in [1.82, 2.24) is 0 Å². The summed E-state index contributed by atoms with van der Waals surface area (Å²) in [5.41, 5.74) is 7.73. The lowest BCUT2D eigenvalue weighted by atomic mass is 10.1. The molecule has 0 spiro atoms. The second-order valence-electron chi connectivity index (χ2n) is 4.41. The van der Waals surface area contributed by atoms with Gasteiger partial charge in [0.15, 0.2) is 0 Å². The highest BCUT2D eigenvalue weighted by Crippen LogP contribution is 2.19. The van der Waals surface area contributed by atoms with E-state index in [-0.39, 0.29) is 17.4 Å². The van der Waals surface area contributed by atoms with Gasteiger partial charge in [0.1, 0.15) is 5.82 Å². The predicted octanol–water partition coefficient (Wildman–Crippen LogP) is 3.63. The molecule has 0 aliphatic carbocycles. The van der Waals surface area contributed by atoms with E-state index in [1.807, 2.05) is 18.2 Å². The van der Waals surface area contributed by atoms with Gasteiger partial charge in [0, 0.05) is 22.8 Å². The summed E-state index contributed by atoms with van der Waals surface area (Å²) < 4.78 is 13.1. The normalized spacial score (nSPS) is 10.3. The molecule has 0 aliphatic rings. The fraction of sp³-hybridized carbons (Fsp3) is 0.133. The van der Waals surface area contributed by atoms with E-state index in [9.17, 15) is 9.18 Å². The van der Waals surface area contributed by atoms with Gasteiger partial charge in [-0.1, -0.05) is 29.8 Å². The van der Waals surface area contributed by atoms with Gasteiger partial charge in [0.25, 0.3) is 0 Å². The molecule has 0 bridgehead atoms. The Morgan fingerprint density at radius 2 is 2.00 bits per heavy atom. The molecule has 0 aliphatic heterocycles. The number of nitrogens with two attached hydrogens (primary N) is 1. The van der Waals surface area contributed by atoms with Crippen molar-refractivity contribution in [3.8, 4) is 0 Å². The minimum absolute atomic E-state index is 0.213. The lowest BCUT2D eigenvalue weighted by Crippen LogP contribution is -2.12. The van der Waals surface area contributed by atoms with Gasteiger partial charge in [-0.3, -0.25) is 4.79 Å². The number of rotatable bonds is 4. The van der Waals surface area contributed by atoms with E-state index in [0.29, 0.717) is 17.8 Å². The van der Waals surface area contributed by atoms with Crippen molar-refractivity contribution < 1.29 is 9.18 Å². The Kier molecular flexibility index (Phi) is 4.58. The minimum atomic E-state index is -0.486. The summed E-state index contributed by atoms with van der Waals surface area (Å²) in [7, 11) is 0. The molecule has 0 heterocycles. The van der Waals surface area contributed by atoms with Crippen LogP contribution in [0.5, 0.6) is 0 Å². The molecule has 2 aromatic rings. The fourth-order valence-corrected chi connectivity index (χ4v) is 2.08. The summed E-state index contributed by atoms with van der Waals surface area (Å²) in [6.07, 6.45) is 0.796. The molecule has 0 aromatic heterocycles. The number of nitrogens with one attached hydrogen (secondary N) is 1. The first-order valence-electron chi connectivity index (χ1n) is 6.14. The van der Waals surface area contributed by atoms with Crippen LogP contribution in [-0.2, 0) is 11.2 Å². The number of nitrogen functional groups attached to an aromatic ring is 1. The number of benzene rings is 2. The first-order valence-corrected chi connectivity index (χ1v) is 6.52. The first kappa shape index (κ1) is 14.3. The molecule has 0 atom stereocenters. The topological polar surface area (TPSA) is 55.1 Å². The van der Waals surface area contributed by atoms with E-state index >= 15 is 0 Å². The monoisotopic (exact) mass is 292 g/mol. The van der Waals surface area contributed by atoms with E-state index < -0.39 is 5.82 Å². The van der Waals surface area contributed by atoms with Gasteiger partial charge in [-0.2, -0.15) is 0 Å². The standard InChI is InChI=1S/C15H14ClFN2O/c16-11-7-12(17)9-13(8-11)19-15(20)6-5-10-3-1-2-4-14(10)18/h1-4,7-9H,5-6,18H2,(H,19,20). The maximum Gasteiger partial charge on any atom is 0.224 e. The number of halogens is 2. The van der Waals surface area contributed by atoms with Crippen molar-refractivity contribution in [3.05, 3.63) is 58.9 Å². The molecule has 0 fully saturated rings. The molecular weight excluding hydrogens is 279 g/mol. The smallest absolute Gasteiger partial charge is 0.224 e. The van der Waals surface area contributed by atoms with Crippen LogP contribution in [0.4, 0.5) is 15.8 Å². The quantitative estimate of drug-likeness (QED) is 0.846. The number of carbonyl (C=O) groups excluding carboxylic acids is 1. The van der Waals surface area contributed by atoms with Crippen LogP contribution in [0.25, 0.3) is 0 Å². The van der Waals surface area contributed by atoms with Crippen LogP contribution >= 0.6 is 11.6 Å². The third-order valence-corrected chi connectivity index (χ3v) is 3.04. The molecule has 0 radical (unpaired) electrons. The summed E-state index contributed by atoms with van der Waals surface area (Å²) in [6.45, 7) is 0. The van der Waals surface area contributed by atoms with E-state index in [4.69, 9.17) is 17.3 Å². The zero-order valence-corrected chi connectivity index (χ0v) is 11.5. The molecule has 3 nitrogen and oxygen atoms in total. The van der Waals surface area contributed by atoms with E-state index in [0.717, 1.165) is 5.56 Å². The molecule has 104 valence electrons. The Morgan fingerprint density at radius 3 is 2.70 bits per heavy atom. The number of hydrogen-bond acceptors (Lipinski definition) is 2. The molecule has 0 saturated heterocycles. The molecule has 20 heavy (non-hydrogen) atoms. The van der Waals surface area contributed by atoms with Crippen molar-refractivity contribution in [1.29, 1.82) is 0 Å². The summed E-state index contributed by atoms with van der Waals surface area (Å²) in [6, 6.07) is 11.3. The Morgan fingerprint density at radius 1 is 1.25 bits per heavy atom. The van der Waals surface area contributed by atoms with Crippen LogP contribution in [0.15, 0.2) is 42.5 Å². The van der Waals surface area contributed by atoms with Crippen molar-refractivity contribution in [2.45, 2.75) is 12.8 Å². The fourth-order valence-electron chi connectivity index (χ4n) is 1.86. The molecule has 0 saturated carbocycles. The second-order valence-corrected chi connectivity index (χ2v) is 4.84. The van der Waals surface area contributed by atoms with E-state index in [2.05, 4.69) is 5.32 Å². The molecule has 3 N–H and O–H groups in total. The highest BCUT2D eigenvalue weighted by Gasteiger charge is 2.06. The zero-order valence-electron chi connectivity index (χ0n) is 10.7. The predicted molar refractivity (Wildman–Crippen MR) is 79.2 cm³/mol. The van der Waals surface area contributed by atoms with Gasteiger partial charge in [-0.15, -0.1) is 0 Å². The van der Waals surface area contributed by atoms with Crippen LogP contribution in [0.1, 0.15) is 12.0 Å². The number of aryl methyl sites for hydroxylation is 1. The van der Waals surface area contributed by atoms with E-state index in [1.54, 1.807) is 6.07 Å². The molecule has 5 heteroatoms. The summed E-state index contributed by atoms with van der Waals surface area (Å²) in [4.78, 5) is 11.8. The Hall–Kier alpha value is -2.07. The van der Waals surface area contributed by atoms with Crippen molar-refractivity contribution in [2.75, 3.05) is 11.1 Å². The van der Waals surface area contributed by atoms with Gasteiger partial charge in [-0.05, 0) is 36.2 Å². The van der Waals surface area contributed by atoms with Crippen LogP contribution < -0.4 is 11.1 Å². The van der Waals surface area contributed by atoms with Crippen molar-refractivity contribution in [3.63, 3.8) is 0 Å².